The Labute approximate surface area is 113 Å². The van der Waals surface area contributed by atoms with Gasteiger partial charge in [-0.25, -0.2) is 9.97 Å². The summed E-state index contributed by atoms with van der Waals surface area (Å²) in [5, 5.41) is 3.45. The molecule has 0 saturated carbocycles. The van der Waals surface area contributed by atoms with Crippen molar-refractivity contribution in [3.63, 3.8) is 0 Å². The summed E-state index contributed by atoms with van der Waals surface area (Å²) in [7, 11) is 3.43. The molecule has 6 heteroatoms. The fourth-order valence-electron chi connectivity index (χ4n) is 1.36. The molecule has 0 saturated heterocycles. The standard InChI is InChI=1S/C12H19ClN4O/c1-5-6-9-15-11(13)8(2)12(16-9)14-7-10(18)17(3)4/h5-7H2,1-4H3,(H,14,15,16). The molecule has 0 aromatic carbocycles. The molecule has 0 spiro atoms. The van der Waals surface area contributed by atoms with E-state index >= 15 is 0 Å². The number of amides is 1. The van der Waals surface area contributed by atoms with Crippen LogP contribution in [0.15, 0.2) is 0 Å². The largest absolute Gasteiger partial charge is 0.361 e. The van der Waals surface area contributed by atoms with Crippen LogP contribution in [-0.2, 0) is 11.2 Å². The molecule has 0 bridgehead atoms. The first-order valence-electron chi connectivity index (χ1n) is 5.92. The fourth-order valence-corrected chi connectivity index (χ4v) is 1.54. The molecule has 1 aromatic rings. The molecule has 5 nitrogen and oxygen atoms in total. The molecule has 0 aliphatic heterocycles. The van der Waals surface area contributed by atoms with Gasteiger partial charge in [-0.3, -0.25) is 4.79 Å². The molecule has 1 heterocycles. The number of rotatable bonds is 5. The molecule has 1 N–H and O–H groups in total. The average molecular weight is 271 g/mol. The first-order chi connectivity index (χ1) is 8.45. The number of hydrogen-bond donors (Lipinski definition) is 1. The van der Waals surface area contributed by atoms with Gasteiger partial charge in [0.2, 0.25) is 5.91 Å². The summed E-state index contributed by atoms with van der Waals surface area (Å²) in [6, 6.07) is 0. The SMILES string of the molecule is CCCc1nc(Cl)c(C)c(NCC(=O)N(C)C)n1. The first-order valence-corrected chi connectivity index (χ1v) is 6.30. The van der Waals surface area contributed by atoms with E-state index in [-0.39, 0.29) is 12.5 Å². The number of carbonyl (C=O) groups excluding carboxylic acids is 1. The van der Waals surface area contributed by atoms with Crippen LogP contribution in [0.3, 0.4) is 0 Å². The monoisotopic (exact) mass is 270 g/mol. The van der Waals surface area contributed by atoms with Gasteiger partial charge in [0.25, 0.3) is 0 Å². The Bertz CT molecular complexity index is 434. The zero-order chi connectivity index (χ0) is 13.7. The lowest BCUT2D eigenvalue weighted by Gasteiger charge is -2.13. The Balaban J connectivity index is 2.83. The highest BCUT2D eigenvalue weighted by molar-refractivity contribution is 6.30. The third kappa shape index (κ3) is 3.84. The quantitative estimate of drug-likeness (QED) is 0.830. The number of aromatic nitrogens is 2. The normalized spacial score (nSPS) is 10.3. The van der Waals surface area contributed by atoms with Crippen molar-refractivity contribution in [3.05, 3.63) is 16.5 Å². The molecule has 0 fully saturated rings. The number of carbonyl (C=O) groups is 1. The lowest BCUT2D eigenvalue weighted by molar-refractivity contribution is -0.126. The van der Waals surface area contributed by atoms with Gasteiger partial charge >= 0.3 is 0 Å². The molecule has 1 rings (SSSR count). The second-order valence-corrected chi connectivity index (χ2v) is 4.65. The van der Waals surface area contributed by atoms with Crippen LogP contribution in [0.25, 0.3) is 0 Å². The Morgan fingerprint density at radius 1 is 1.39 bits per heavy atom. The Morgan fingerprint density at radius 2 is 2.06 bits per heavy atom. The lowest BCUT2D eigenvalue weighted by atomic mass is 10.3. The molecule has 0 unspecified atom stereocenters. The summed E-state index contributed by atoms with van der Waals surface area (Å²) < 4.78 is 0. The minimum absolute atomic E-state index is 0.0128. The van der Waals surface area contributed by atoms with E-state index in [9.17, 15) is 4.79 Å². The van der Waals surface area contributed by atoms with E-state index in [2.05, 4.69) is 22.2 Å². The minimum atomic E-state index is -0.0128. The predicted molar refractivity (Wildman–Crippen MR) is 73.0 cm³/mol. The molecule has 1 amide bonds. The van der Waals surface area contributed by atoms with Crippen molar-refractivity contribution in [3.8, 4) is 0 Å². The molecule has 0 aliphatic rings. The minimum Gasteiger partial charge on any atom is -0.361 e. The van der Waals surface area contributed by atoms with Gasteiger partial charge in [-0.2, -0.15) is 0 Å². The van der Waals surface area contributed by atoms with Gasteiger partial charge in [0.1, 0.15) is 16.8 Å². The van der Waals surface area contributed by atoms with Crippen LogP contribution < -0.4 is 5.32 Å². The number of halogens is 1. The van der Waals surface area contributed by atoms with Crippen molar-refractivity contribution >= 4 is 23.3 Å². The van der Waals surface area contributed by atoms with Gasteiger partial charge in [0.15, 0.2) is 0 Å². The second-order valence-electron chi connectivity index (χ2n) is 4.30. The fraction of sp³-hybridized carbons (Fsp3) is 0.583. The predicted octanol–water partition coefficient (Wildman–Crippen LogP) is 1.89. The highest BCUT2D eigenvalue weighted by Gasteiger charge is 2.10. The van der Waals surface area contributed by atoms with Gasteiger partial charge in [0.05, 0.1) is 6.54 Å². The molecular weight excluding hydrogens is 252 g/mol. The summed E-state index contributed by atoms with van der Waals surface area (Å²) >= 11 is 6.05. The summed E-state index contributed by atoms with van der Waals surface area (Å²) in [5.74, 6) is 1.32. The van der Waals surface area contributed by atoms with E-state index in [1.165, 1.54) is 4.90 Å². The maximum absolute atomic E-state index is 11.5. The summed E-state index contributed by atoms with van der Waals surface area (Å²) in [6.07, 6.45) is 1.73. The van der Waals surface area contributed by atoms with Gasteiger partial charge < -0.3 is 10.2 Å². The third-order valence-electron chi connectivity index (χ3n) is 2.51. The van der Waals surface area contributed by atoms with Crippen LogP contribution in [0.2, 0.25) is 5.15 Å². The van der Waals surface area contributed by atoms with Crippen molar-refractivity contribution in [2.75, 3.05) is 26.0 Å². The number of nitrogens with one attached hydrogen (secondary N) is 1. The van der Waals surface area contributed by atoms with E-state index in [1.807, 2.05) is 6.92 Å². The Kier molecular flexibility index (Phi) is 5.34. The molecule has 0 atom stereocenters. The van der Waals surface area contributed by atoms with Crippen molar-refractivity contribution in [1.29, 1.82) is 0 Å². The number of aryl methyl sites for hydroxylation is 1. The van der Waals surface area contributed by atoms with Crippen molar-refractivity contribution in [2.45, 2.75) is 26.7 Å². The highest BCUT2D eigenvalue weighted by Crippen LogP contribution is 2.20. The Hall–Kier alpha value is -1.36. The smallest absolute Gasteiger partial charge is 0.241 e. The molecule has 18 heavy (non-hydrogen) atoms. The number of hydrogen-bond acceptors (Lipinski definition) is 4. The highest BCUT2D eigenvalue weighted by atomic mass is 35.5. The lowest BCUT2D eigenvalue weighted by Crippen LogP contribution is -2.29. The van der Waals surface area contributed by atoms with Gasteiger partial charge in [-0.05, 0) is 13.3 Å². The molecular formula is C12H19ClN4O. The second kappa shape index (κ2) is 6.54. The maximum Gasteiger partial charge on any atom is 0.241 e. The summed E-state index contributed by atoms with van der Waals surface area (Å²) in [6.45, 7) is 4.09. The van der Waals surface area contributed by atoms with E-state index < -0.39 is 0 Å². The van der Waals surface area contributed by atoms with Crippen molar-refractivity contribution in [1.82, 2.24) is 14.9 Å². The van der Waals surface area contributed by atoms with E-state index in [4.69, 9.17) is 11.6 Å². The van der Waals surface area contributed by atoms with E-state index in [0.29, 0.717) is 16.8 Å². The van der Waals surface area contributed by atoms with Crippen LogP contribution >= 0.6 is 11.6 Å². The van der Waals surface area contributed by atoms with Crippen LogP contribution in [0, 0.1) is 6.92 Å². The van der Waals surface area contributed by atoms with Gasteiger partial charge in [-0.15, -0.1) is 0 Å². The van der Waals surface area contributed by atoms with Crippen LogP contribution in [-0.4, -0.2) is 41.4 Å². The zero-order valence-corrected chi connectivity index (χ0v) is 12.0. The molecule has 0 radical (unpaired) electrons. The number of nitrogens with zero attached hydrogens (tertiary/aromatic N) is 3. The average Bonchev–Trinajstić information content (AvgIpc) is 2.31. The molecule has 100 valence electrons. The van der Waals surface area contributed by atoms with Crippen molar-refractivity contribution < 1.29 is 4.79 Å². The van der Waals surface area contributed by atoms with Crippen LogP contribution in [0.4, 0.5) is 5.82 Å². The van der Waals surface area contributed by atoms with E-state index in [0.717, 1.165) is 18.4 Å². The maximum atomic E-state index is 11.5. The topological polar surface area (TPSA) is 58.1 Å². The molecule has 0 aliphatic carbocycles. The van der Waals surface area contributed by atoms with Crippen molar-refractivity contribution in [2.24, 2.45) is 0 Å². The first kappa shape index (κ1) is 14.7. The third-order valence-corrected chi connectivity index (χ3v) is 2.88. The number of anilines is 1. The van der Waals surface area contributed by atoms with Crippen LogP contribution in [0.1, 0.15) is 24.7 Å². The zero-order valence-electron chi connectivity index (χ0n) is 11.2. The summed E-state index contributed by atoms with van der Waals surface area (Å²) in [5.41, 5.74) is 0.767. The summed E-state index contributed by atoms with van der Waals surface area (Å²) in [4.78, 5) is 21.6. The Morgan fingerprint density at radius 3 is 2.61 bits per heavy atom. The van der Waals surface area contributed by atoms with Crippen LogP contribution in [0.5, 0.6) is 0 Å². The number of likely N-dealkylation sites (N-methyl/N-ethyl adjacent to an activating group) is 1. The van der Waals surface area contributed by atoms with E-state index in [1.54, 1.807) is 14.1 Å². The van der Waals surface area contributed by atoms with Gasteiger partial charge in [-0.1, -0.05) is 18.5 Å². The molecule has 1 aromatic heterocycles. The van der Waals surface area contributed by atoms with Gasteiger partial charge in [0, 0.05) is 26.1 Å².